The zero-order chi connectivity index (χ0) is 14.7. The summed E-state index contributed by atoms with van der Waals surface area (Å²) >= 11 is 0. The van der Waals surface area contributed by atoms with E-state index in [1.807, 2.05) is 37.3 Å². The van der Waals surface area contributed by atoms with Crippen molar-refractivity contribution in [3.63, 3.8) is 0 Å². The summed E-state index contributed by atoms with van der Waals surface area (Å²) in [5, 5.41) is 0. The van der Waals surface area contributed by atoms with E-state index in [1.54, 1.807) is 31.0 Å². The highest BCUT2D eigenvalue weighted by Gasteiger charge is 2.20. The Kier molecular flexibility index (Phi) is 4.03. The zero-order valence-corrected chi connectivity index (χ0v) is 11.9. The number of aryl methyl sites for hydroxylation is 1. The first-order valence-electron chi connectivity index (χ1n) is 6.52. The minimum Gasteiger partial charge on any atom is -0.335 e. The monoisotopic (exact) mass is 270 g/mol. The number of H-pyrrole nitrogens is 1. The van der Waals surface area contributed by atoms with Crippen molar-refractivity contribution in [3.8, 4) is 0 Å². The van der Waals surface area contributed by atoms with E-state index in [4.69, 9.17) is 0 Å². The second kappa shape index (κ2) is 5.74. The fourth-order valence-corrected chi connectivity index (χ4v) is 2.06. The van der Waals surface area contributed by atoms with Crippen molar-refractivity contribution in [2.75, 3.05) is 7.05 Å². The minimum absolute atomic E-state index is 0.0931. The number of benzene rings is 1. The van der Waals surface area contributed by atoms with Crippen LogP contribution in [0, 0.1) is 6.92 Å². The Morgan fingerprint density at radius 2 is 1.80 bits per heavy atom. The highest BCUT2D eigenvalue weighted by molar-refractivity contribution is 5.93. The first-order valence-corrected chi connectivity index (χ1v) is 6.52. The molecule has 0 fully saturated rings. The number of rotatable bonds is 3. The Labute approximate surface area is 118 Å². The molecule has 1 unspecified atom stereocenters. The minimum atomic E-state index is -0.345. The first-order chi connectivity index (χ1) is 9.50. The van der Waals surface area contributed by atoms with Crippen LogP contribution in [0.2, 0.25) is 0 Å². The molecular weight excluding hydrogens is 252 g/mol. The van der Waals surface area contributed by atoms with Gasteiger partial charge in [-0.2, -0.15) is 0 Å². The van der Waals surface area contributed by atoms with E-state index in [9.17, 15) is 9.59 Å². The molecule has 1 aromatic heterocycles. The zero-order valence-electron chi connectivity index (χ0n) is 11.9. The van der Waals surface area contributed by atoms with Gasteiger partial charge in [0.1, 0.15) is 5.56 Å². The van der Waals surface area contributed by atoms with Gasteiger partial charge in [0.2, 0.25) is 0 Å². The van der Waals surface area contributed by atoms with Gasteiger partial charge in [-0.15, -0.1) is 0 Å². The van der Waals surface area contributed by atoms with E-state index >= 15 is 0 Å². The molecule has 0 bridgehead atoms. The van der Waals surface area contributed by atoms with Crippen LogP contribution in [0.4, 0.5) is 0 Å². The van der Waals surface area contributed by atoms with E-state index in [1.165, 1.54) is 0 Å². The topological polar surface area (TPSA) is 53.2 Å². The van der Waals surface area contributed by atoms with E-state index in [-0.39, 0.29) is 23.1 Å². The maximum atomic E-state index is 12.4. The maximum Gasteiger partial charge on any atom is 0.260 e. The Morgan fingerprint density at radius 3 is 2.40 bits per heavy atom. The molecule has 1 N–H and O–H groups in total. The van der Waals surface area contributed by atoms with Crippen LogP contribution in [0.3, 0.4) is 0 Å². The Balaban J connectivity index is 2.27. The number of aromatic nitrogens is 1. The van der Waals surface area contributed by atoms with Crippen molar-refractivity contribution in [3.05, 3.63) is 69.6 Å². The average Bonchev–Trinajstić information content (AvgIpc) is 2.46. The van der Waals surface area contributed by atoms with Crippen molar-refractivity contribution in [2.45, 2.75) is 19.9 Å². The standard InChI is InChI=1S/C16H18N2O2/c1-11-9-10-14(15(19)17-11)16(20)18(3)12(2)13-7-5-4-6-8-13/h4-10,12H,1-3H3,(H,17,19). The van der Waals surface area contributed by atoms with Crippen molar-refractivity contribution in [1.29, 1.82) is 0 Å². The Morgan fingerprint density at radius 1 is 1.15 bits per heavy atom. The number of amides is 1. The van der Waals surface area contributed by atoms with Crippen LogP contribution in [0.5, 0.6) is 0 Å². The lowest BCUT2D eigenvalue weighted by molar-refractivity contribution is 0.0741. The molecule has 0 aliphatic carbocycles. The molecule has 0 aliphatic rings. The number of hydrogen-bond acceptors (Lipinski definition) is 2. The third-order valence-electron chi connectivity index (χ3n) is 3.47. The van der Waals surface area contributed by atoms with Crippen LogP contribution in [0.15, 0.2) is 47.3 Å². The molecule has 4 heteroatoms. The number of carbonyl (C=O) groups is 1. The van der Waals surface area contributed by atoms with Gasteiger partial charge in [0.25, 0.3) is 11.5 Å². The van der Waals surface area contributed by atoms with Gasteiger partial charge in [0.15, 0.2) is 0 Å². The van der Waals surface area contributed by atoms with E-state index in [0.717, 1.165) is 11.3 Å². The van der Waals surface area contributed by atoms with E-state index < -0.39 is 0 Å². The third kappa shape index (κ3) is 2.79. The Hall–Kier alpha value is -2.36. The summed E-state index contributed by atoms with van der Waals surface area (Å²) in [6, 6.07) is 12.9. The van der Waals surface area contributed by atoms with Gasteiger partial charge in [-0.3, -0.25) is 9.59 Å². The van der Waals surface area contributed by atoms with Crippen LogP contribution in [-0.4, -0.2) is 22.8 Å². The molecule has 2 rings (SSSR count). The molecule has 2 aromatic rings. The maximum absolute atomic E-state index is 12.4. The van der Waals surface area contributed by atoms with Gasteiger partial charge in [-0.1, -0.05) is 30.3 Å². The van der Waals surface area contributed by atoms with Crippen molar-refractivity contribution < 1.29 is 4.79 Å². The van der Waals surface area contributed by atoms with Gasteiger partial charge in [0.05, 0.1) is 6.04 Å². The lowest BCUT2D eigenvalue weighted by Gasteiger charge is -2.25. The summed E-state index contributed by atoms with van der Waals surface area (Å²) in [5.74, 6) is -0.275. The molecule has 0 radical (unpaired) electrons. The summed E-state index contributed by atoms with van der Waals surface area (Å²) in [7, 11) is 1.71. The summed E-state index contributed by atoms with van der Waals surface area (Å²) in [5.41, 5.74) is 1.60. The summed E-state index contributed by atoms with van der Waals surface area (Å²) in [6.07, 6.45) is 0. The second-order valence-electron chi connectivity index (χ2n) is 4.89. The fourth-order valence-electron chi connectivity index (χ4n) is 2.06. The molecule has 1 amide bonds. The molecule has 0 aliphatic heterocycles. The first kappa shape index (κ1) is 14.1. The molecule has 0 saturated heterocycles. The van der Waals surface area contributed by atoms with Crippen LogP contribution in [0.1, 0.15) is 34.6 Å². The Bertz CT molecular complexity index is 662. The number of pyridine rings is 1. The van der Waals surface area contributed by atoms with Crippen molar-refractivity contribution in [2.24, 2.45) is 0 Å². The lowest BCUT2D eigenvalue weighted by atomic mass is 10.1. The molecular formula is C16H18N2O2. The smallest absolute Gasteiger partial charge is 0.260 e. The molecule has 104 valence electrons. The summed E-state index contributed by atoms with van der Waals surface area (Å²) < 4.78 is 0. The summed E-state index contributed by atoms with van der Waals surface area (Å²) in [6.45, 7) is 3.72. The van der Waals surface area contributed by atoms with Gasteiger partial charge < -0.3 is 9.88 Å². The molecule has 1 heterocycles. The fraction of sp³-hybridized carbons (Fsp3) is 0.250. The SMILES string of the molecule is Cc1ccc(C(=O)N(C)C(C)c2ccccc2)c(=O)[nH]1. The number of nitrogens with one attached hydrogen (secondary N) is 1. The van der Waals surface area contributed by atoms with Crippen LogP contribution < -0.4 is 5.56 Å². The molecule has 1 atom stereocenters. The molecule has 20 heavy (non-hydrogen) atoms. The molecule has 0 spiro atoms. The summed E-state index contributed by atoms with van der Waals surface area (Å²) in [4.78, 5) is 28.5. The van der Waals surface area contributed by atoms with Crippen LogP contribution in [0.25, 0.3) is 0 Å². The van der Waals surface area contributed by atoms with Crippen LogP contribution >= 0.6 is 0 Å². The van der Waals surface area contributed by atoms with Gasteiger partial charge in [0, 0.05) is 12.7 Å². The third-order valence-corrected chi connectivity index (χ3v) is 3.47. The number of hydrogen-bond donors (Lipinski definition) is 1. The quantitative estimate of drug-likeness (QED) is 0.931. The second-order valence-corrected chi connectivity index (χ2v) is 4.89. The normalized spacial score (nSPS) is 11.9. The van der Waals surface area contributed by atoms with E-state index in [2.05, 4.69) is 4.98 Å². The largest absolute Gasteiger partial charge is 0.335 e. The number of aromatic amines is 1. The highest BCUT2D eigenvalue weighted by Crippen LogP contribution is 2.19. The van der Waals surface area contributed by atoms with Crippen LogP contribution in [-0.2, 0) is 0 Å². The van der Waals surface area contributed by atoms with Crippen molar-refractivity contribution in [1.82, 2.24) is 9.88 Å². The van der Waals surface area contributed by atoms with E-state index in [0.29, 0.717) is 0 Å². The van der Waals surface area contributed by atoms with Gasteiger partial charge >= 0.3 is 0 Å². The molecule has 4 nitrogen and oxygen atoms in total. The predicted molar refractivity (Wildman–Crippen MR) is 78.8 cm³/mol. The van der Waals surface area contributed by atoms with Crippen molar-refractivity contribution >= 4 is 5.91 Å². The van der Waals surface area contributed by atoms with Gasteiger partial charge in [-0.25, -0.2) is 0 Å². The molecule has 0 saturated carbocycles. The highest BCUT2D eigenvalue weighted by atomic mass is 16.2. The number of carbonyl (C=O) groups excluding carboxylic acids is 1. The number of nitrogens with zero attached hydrogens (tertiary/aromatic N) is 1. The predicted octanol–water partition coefficient (Wildman–Crippen LogP) is 2.52. The lowest BCUT2D eigenvalue weighted by Crippen LogP contribution is -2.33. The average molecular weight is 270 g/mol. The molecule has 1 aromatic carbocycles. The van der Waals surface area contributed by atoms with Gasteiger partial charge in [-0.05, 0) is 31.5 Å².